The molecule has 94 valence electrons. The molecule has 17 heavy (non-hydrogen) atoms. The van der Waals surface area contributed by atoms with Crippen LogP contribution in [0.5, 0.6) is 0 Å². The molecule has 0 unspecified atom stereocenters. The second kappa shape index (κ2) is 6.10. The highest BCUT2D eigenvalue weighted by Crippen LogP contribution is 2.26. The first-order chi connectivity index (χ1) is 8.18. The van der Waals surface area contributed by atoms with Gasteiger partial charge in [0.15, 0.2) is 0 Å². The van der Waals surface area contributed by atoms with Crippen molar-refractivity contribution in [3.05, 3.63) is 34.9 Å². The SMILES string of the molecule is OC1(CNCc2cccc(Cl)c2)CCSCC1. The summed E-state index contributed by atoms with van der Waals surface area (Å²) in [6, 6.07) is 7.82. The van der Waals surface area contributed by atoms with Crippen molar-refractivity contribution in [3.63, 3.8) is 0 Å². The molecule has 2 nitrogen and oxygen atoms in total. The Morgan fingerprint density at radius 2 is 2.12 bits per heavy atom. The van der Waals surface area contributed by atoms with Crippen LogP contribution < -0.4 is 5.32 Å². The van der Waals surface area contributed by atoms with E-state index in [2.05, 4.69) is 5.32 Å². The Hall–Kier alpha value is -0.220. The van der Waals surface area contributed by atoms with Gasteiger partial charge in [-0.2, -0.15) is 11.8 Å². The van der Waals surface area contributed by atoms with Gasteiger partial charge in [-0.3, -0.25) is 0 Å². The van der Waals surface area contributed by atoms with Gasteiger partial charge in [-0.1, -0.05) is 23.7 Å². The van der Waals surface area contributed by atoms with E-state index >= 15 is 0 Å². The average Bonchev–Trinajstić information content (AvgIpc) is 2.30. The summed E-state index contributed by atoms with van der Waals surface area (Å²) in [7, 11) is 0. The first-order valence-electron chi connectivity index (χ1n) is 5.93. The molecule has 2 N–H and O–H groups in total. The van der Waals surface area contributed by atoms with Crippen LogP contribution in [0.3, 0.4) is 0 Å². The van der Waals surface area contributed by atoms with Gasteiger partial charge < -0.3 is 10.4 Å². The summed E-state index contributed by atoms with van der Waals surface area (Å²) in [5.41, 5.74) is 0.649. The third kappa shape index (κ3) is 4.18. The molecule has 0 aliphatic carbocycles. The molecule has 1 fully saturated rings. The number of benzene rings is 1. The van der Waals surface area contributed by atoms with Gasteiger partial charge in [-0.25, -0.2) is 0 Å². The maximum atomic E-state index is 10.3. The molecule has 2 rings (SSSR count). The lowest BCUT2D eigenvalue weighted by atomic mass is 9.97. The van der Waals surface area contributed by atoms with Crippen LogP contribution in [0.2, 0.25) is 5.02 Å². The monoisotopic (exact) mass is 271 g/mol. The Morgan fingerprint density at radius 1 is 1.35 bits per heavy atom. The second-order valence-electron chi connectivity index (χ2n) is 4.57. The third-order valence-electron chi connectivity index (χ3n) is 3.10. The first kappa shape index (κ1) is 13.2. The Balaban J connectivity index is 1.79. The number of halogens is 1. The highest BCUT2D eigenvalue weighted by atomic mass is 35.5. The number of rotatable bonds is 4. The molecule has 1 aliphatic rings. The van der Waals surface area contributed by atoms with Crippen LogP contribution >= 0.6 is 23.4 Å². The smallest absolute Gasteiger partial charge is 0.0787 e. The number of thioether (sulfide) groups is 1. The van der Waals surface area contributed by atoms with Crippen molar-refractivity contribution in [1.82, 2.24) is 5.32 Å². The fourth-order valence-electron chi connectivity index (χ4n) is 2.01. The highest BCUT2D eigenvalue weighted by Gasteiger charge is 2.28. The summed E-state index contributed by atoms with van der Waals surface area (Å²) in [6.45, 7) is 1.43. The maximum Gasteiger partial charge on any atom is 0.0787 e. The normalized spacial score (nSPS) is 19.2. The highest BCUT2D eigenvalue weighted by molar-refractivity contribution is 7.99. The topological polar surface area (TPSA) is 32.3 Å². The van der Waals surface area contributed by atoms with Crippen molar-refractivity contribution in [2.75, 3.05) is 18.1 Å². The molecular weight excluding hydrogens is 254 g/mol. The fourth-order valence-corrected chi connectivity index (χ4v) is 3.48. The van der Waals surface area contributed by atoms with Crippen molar-refractivity contribution in [3.8, 4) is 0 Å². The molecule has 0 radical (unpaired) electrons. The quantitative estimate of drug-likeness (QED) is 0.883. The molecular formula is C13H18ClNOS. The van der Waals surface area contributed by atoms with Gasteiger partial charge in [-0.15, -0.1) is 0 Å². The molecule has 0 atom stereocenters. The summed E-state index contributed by atoms with van der Waals surface area (Å²) in [4.78, 5) is 0. The predicted molar refractivity (Wildman–Crippen MR) is 74.7 cm³/mol. The molecule has 1 heterocycles. The zero-order chi connectivity index (χ0) is 12.1. The molecule has 1 aromatic rings. The van der Waals surface area contributed by atoms with E-state index in [0.29, 0.717) is 6.54 Å². The van der Waals surface area contributed by atoms with Crippen molar-refractivity contribution in [2.45, 2.75) is 25.0 Å². The van der Waals surface area contributed by atoms with E-state index in [4.69, 9.17) is 11.6 Å². The molecule has 0 spiro atoms. The largest absolute Gasteiger partial charge is 0.389 e. The predicted octanol–water partition coefficient (Wildman–Crippen LogP) is 2.69. The van der Waals surface area contributed by atoms with Crippen LogP contribution in [0.4, 0.5) is 0 Å². The minimum absolute atomic E-state index is 0.510. The molecule has 0 saturated carbocycles. The summed E-state index contributed by atoms with van der Waals surface area (Å²) in [5, 5.41) is 14.4. The summed E-state index contributed by atoms with van der Waals surface area (Å²) in [5.74, 6) is 2.13. The second-order valence-corrected chi connectivity index (χ2v) is 6.23. The van der Waals surface area contributed by atoms with Gasteiger partial charge >= 0.3 is 0 Å². The summed E-state index contributed by atoms with van der Waals surface area (Å²) in [6.07, 6.45) is 1.78. The Morgan fingerprint density at radius 3 is 2.82 bits per heavy atom. The zero-order valence-corrected chi connectivity index (χ0v) is 11.4. The van der Waals surface area contributed by atoms with E-state index in [1.54, 1.807) is 0 Å². The van der Waals surface area contributed by atoms with Crippen molar-refractivity contribution < 1.29 is 5.11 Å². The third-order valence-corrected chi connectivity index (χ3v) is 4.32. The lowest BCUT2D eigenvalue weighted by molar-refractivity contribution is 0.0320. The molecule has 0 aromatic heterocycles. The Kier molecular flexibility index (Phi) is 4.74. The van der Waals surface area contributed by atoms with Gasteiger partial charge in [0, 0.05) is 18.1 Å². The van der Waals surface area contributed by atoms with Gasteiger partial charge in [0.05, 0.1) is 5.60 Å². The van der Waals surface area contributed by atoms with Gasteiger partial charge in [0.1, 0.15) is 0 Å². The van der Waals surface area contributed by atoms with Crippen molar-refractivity contribution in [1.29, 1.82) is 0 Å². The number of hydrogen-bond donors (Lipinski definition) is 2. The number of aliphatic hydroxyl groups is 1. The van der Waals surface area contributed by atoms with Crippen molar-refractivity contribution >= 4 is 23.4 Å². The Bertz CT molecular complexity index is 366. The first-order valence-corrected chi connectivity index (χ1v) is 7.47. The zero-order valence-electron chi connectivity index (χ0n) is 9.79. The van der Waals surface area contributed by atoms with E-state index in [-0.39, 0.29) is 0 Å². The van der Waals surface area contributed by atoms with E-state index in [0.717, 1.165) is 41.5 Å². The van der Waals surface area contributed by atoms with Crippen LogP contribution in [0.25, 0.3) is 0 Å². The average molecular weight is 272 g/mol. The Labute approximate surface area is 112 Å². The minimum atomic E-state index is -0.510. The fraction of sp³-hybridized carbons (Fsp3) is 0.538. The van der Waals surface area contributed by atoms with Crippen LogP contribution in [0, 0.1) is 0 Å². The lowest BCUT2D eigenvalue weighted by Crippen LogP contribution is -2.43. The van der Waals surface area contributed by atoms with Gasteiger partial charge in [-0.05, 0) is 42.0 Å². The molecule has 4 heteroatoms. The molecule has 1 aromatic carbocycles. The molecule has 1 aliphatic heterocycles. The van der Waals surface area contributed by atoms with Crippen LogP contribution in [-0.4, -0.2) is 28.8 Å². The molecule has 0 bridgehead atoms. The van der Waals surface area contributed by atoms with E-state index < -0.39 is 5.60 Å². The molecule has 1 saturated heterocycles. The van der Waals surface area contributed by atoms with E-state index in [9.17, 15) is 5.11 Å². The maximum absolute atomic E-state index is 10.3. The van der Waals surface area contributed by atoms with E-state index in [1.165, 1.54) is 0 Å². The summed E-state index contributed by atoms with van der Waals surface area (Å²) < 4.78 is 0. The summed E-state index contributed by atoms with van der Waals surface area (Å²) >= 11 is 7.84. The van der Waals surface area contributed by atoms with Crippen LogP contribution in [0.15, 0.2) is 24.3 Å². The minimum Gasteiger partial charge on any atom is -0.389 e. The standard InChI is InChI=1S/C13H18ClNOS/c14-12-3-1-2-11(8-12)9-15-10-13(16)4-6-17-7-5-13/h1-3,8,15-16H,4-7,9-10H2. The van der Waals surface area contributed by atoms with Gasteiger partial charge in [0.2, 0.25) is 0 Å². The van der Waals surface area contributed by atoms with Gasteiger partial charge in [0.25, 0.3) is 0 Å². The number of nitrogens with one attached hydrogen (secondary N) is 1. The van der Waals surface area contributed by atoms with Crippen LogP contribution in [0.1, 0.15) is 18.4 Å². The van der Waals surface area contributed by atoms with Crippen molar-refractivity contribution in [2.24, 2.45) is 0 Å². The van der Waals surface area contributed by atoms with E-state index in [1.807, 2.05) is 36.0 Å². The molecule has 0 amide bonds. The lowest BCUT2D eigenvalue weighted by Gasteiger charge is -2.32. The van der Waals surface area contributed by atoms with Crippen LogP contribution in [-0.2, 0) is 6.54 Å². The number of hydrogen-bond acceptors (Lipinski definition) is 3.